The minimum absolute atomic E-state index is 0.110. The molecule has 4 aromatic heterocycles. The minimum Gasteiger partial charge on any atom is -0.314 e. The van der Waals surface area contributed by atoms with E-state index in [9.17, 15) is 22.8 Å². The van der Waals surface area contributed by atoms with Crippen LogP contribution >= 0.6 is 22.9 Å². The lowest BCUT2D eigenvalue weighted by molar-refractivity contribution is -0.582. The van der Waals surface area contributed by atoms with E-state index in [0.717, 1.165) is 38.7 Å². The molecule has 2 N–H and O–H groups in total. The Balaban J connectivity index is 1.64. The molecule has 0 atom stereocenters. The summed E-state index contributed by atoms with van der Waals surface area (Å²) in [5.41, 5.74) is -1.37. The zero-order valence-corrected chi connectivity index (χ0v) is 16.6. The molecule has 30 heavy (non-hydrogen) atoms. The van der Waals surface area contributed by atoms with E-state index in [1.807, 2.05) is 0 Å². The van der Waals surface area contributed by atoms with Crippen LogP contribution in [0.3, 0.4) is 0 Å². The van der Waals surface area contributed by atoms with E-state index in [2.05, 4.69) is 20.5 Å². The number of thiophene rings is 1. The summed E-state index contributed by atoms with van der Waals surface area (Å²) >= 11 is 7.32. The van der Waals surface area contributed by atoms with E-state index in [1.165, 1.54) is 11.0 Å². The number of alkyl halides is 3. The van der Waals surface area contributed by atoms with Crippen LogP contribution in [0.4, 0.5) is 18.2 Å². The Bertz CT molecular complexity index is 1320. The summed E-state index contributed by atoms with van der Waals surface area (Å²) in [6.07, 6.45) is -2.00. The minimum atomic E-state index is -4.63. The summed E-state index contributed by atoms with van der Waals surface area (Å²) in [6.45, 7) is -0.511. The molecule has 0 aliphatic rings. The number of anilines is 1. The van der Waals surface area contributed by atoms with E-state index in [1.54, 1.807) is 12.4 Å². The Kier molecular flexibility index (Phi) is 4.86. The highest BCUT2D eigenvalue weighted by molar-refractivity contribution is 7.15. The number of carbonyl (C=O) groups excluding carboxylic acids is 1. The molecule has 0 saturated carbocycles. The number of hydrogen-bond donors (Lipinski definition) is 2. The van der Waals surface area contributed by atoms with Gasteiger partial charge < -0.3 is 5.32 Å². The molecule has 0 aliphatic carbocycles. The van der Waals surface area contributed by atoms with Gasteiger partial charge in [0.25, 0.3) is 5.91 Å². The van der Waals surface area contributed by atoms with Gasteiger partial charge in [0.1, 0.15) is 17.5 Å². The molecule has 14 heteroatoms. The Morgan fingerprint density at radius 2 is 2.20 bits per heavy atom. The molecule has 4 aromatic rings. The van der Waals surface area contributed by atoms with Crippen molar-refractivity contribution < 1.29 is 22.5 Å². The number of aromatic amines is 1. The van der Waals surface area contributed by atoms with Gasteiger partial charge in [0.15, 0.2) is 18.1 Å². The van der Waals surface area contributed by atoms with Crippen LogP contribution in [0.25, 0.3) is 17.0 Å². The van der Waals surface area contributed by atoms with Crippen molar-refractivity contribution in [3.05, 3.63) is 51.1 Å². The van der Waals surface area contributed by atoms with Crippen LogP contribution < -0.4 is 15.4 Å². The van der Waals surface area contributed by atoms with Crippen molar-refractivity contribution in [2.24, 2.45) is 7.05 Å². The van der Waals surface area contributed by atoms with Gasteiger partial charge >= 0.3 is 17.4 Å². The van der Waals surface area contributed by atoms with Crippen LogP contribution in [0.1, 0.15) is 5.69 Å². The van der Waals surface area contributed by atoms with Crippen molar-refractivity contribution in [3.8, 4) is 11.4 Å². The second-order valence-corrected chi connectivity index (χ2v) is 7.50. The lowest BCUT2D eigenvalue weighted by atomic mass is 10.3. The summed E-state index contributed by atoms with van der Waals surface area (Å²) in [6, 6.07) is 1.82. The second kappa shape index (κ2) is 7.25. The van der Waals surface area contributed by atoms with Crippen LogP contribution in [-0.4, -0.2) is 30.3 Å². The molecule has 9 nitrogen and oxygen atoms in total. The zero-order valence-electron chi connectivity index (χ0n) is 15.1. The Hall–Kier alpha value is -3.19. The van der Waals surface area contributed by atoms with E-state index < -0.39 is 29.9 Å². The van der Waals surface area contributed by atoms with E-state index in [0.29, 0.717) is 21.4 Å². The highest BCUT2D eigenvalue weighted by atomic mass is 35.5. The van der Waals surface area contributed by atoms with Crippen LogP contribution in [0.2, 0.25) is 5.02 Å². The Labute approximate surface area is 174 Å². The Morgan fingerprint density at radius 1 is 1.43 bits per heavy atom. The number of amides is 1. The maximum Gasteiger partial charge on any atom is 0.434 e. The molecule has 0 radical (unpaired) electrons. The largest absolute Gasteiger partial charge is 0.434 e. The molecule has 0 fully saturated rings. The lowest BCUT2D eigenvalue weighted by Gasteiger charge is -2.04. The number of halogens is 4. The molecule has 0 spiro atoms. The molecular weight excluding hydrogens is 447 g/mol. The predicted molar refractivity (Wildman–Crippen MR) is 101 cm³/mol. The van der Waals surface area contributed by atoms with Gasteiger partial charge in [0.05, 0.1) is 22.7 Å². The number of fused-ring (bicyclic) bond motifs is 1. The number of nitrogens with one attached hydrogen (secondary N) is 2. The van der Waals surface area contributed by atoms with Gasteiger partial charge in [-0.2, -0.15) is 22.8 Å². The fourth-order valence-electron chi connectivity index (χ4n) is 2.79. The second-order valence-electron chi connectivity index (χ2n) is 6.21. The van der Waals surface area contributed by atoms with E-state index in [-0.39, 0.29) is 5.65 Å². The standard InChI is InChI=1S/C16H11ClF3N7O2S/c1-25-7-21-14(24-25)13-8(17)6-30-15(13)22-10(28)5-26-11-4-9(16(18,19)20)23-27(11)3-2-12(26)29/h2-4,6-7H,5H2,1H3,(H,22,24,28)/p+1. The molecule has 0 saturated heterocycles. The summed E-state index contributed by atoms with van der Waals surface area (Å²) in [5, 5.41) is 11.2. The smallest absolute Gasteiger partial charge is 0.314 e. The number of hydrogen-bond acceptors (Lipinski definition) is 5. The topological polar surface area (TPSA) is 102 Å². The first-order valence-corrected chi connectivity index (χ1v) is 9.53. The van der Waals surface area contributed by atoms with Crippen molar-refractivity contribution in [1.82, 2.24) is 24.4 Å². The third-order valence-electron chi connectivity index (χ3n) is 4.10. The van der Waals surface area contributed by atoms with Crippen LogP contribution in [0.5, 0.6) is 0 Å². The third-order valence-corrected chi connectivity index (χ3v) is 5.42. The van der Waals surface area contributed by atoms with Gasteiger partial charge in [0, 0.05) is 12.4 Å². The van der Waals surface area contributed by atoms with E-state index in [4.69, 9.17) is 11.6 Å². The summed E-state index contributed by atoms with van der Waals surface area (Å²) in [4.78, 5) is 28.9. The summed E-state index contributed by atoms with van der Waals surface area (Å²) in [7, 11) is 1.67. The number of aromatic nitrogens is 6. The fraction of sp³-hybridized carbons (Fsp3) is 0.188. The maximum atomic E-state index is 13.0. The van der Waals surface area contributed by atoms with Gasteiger partial charge in [-0.05, 0) is 0 Å². The number of nitrogens with zero attached hydrogens (tertiary/aromatic N) is 5. The molecule has 0 aliphatic heterocycles. The van der Waals surface area contributed by atoms with Gasteiger partial charge in [0.2, 0.25) is 0 Å². The molecular formula is C16H12ClF3N7O2S+. The molecule has 0 bridgehead atoms. The average molecular weight is 459 g/mol. The molecule has 0 unspecified atom stereocenters. The number of aryl methyl sites for hydroxylation is 1. The van der Waals surface area contributed by atoms with Crippen LogP contribution in [0.15, 0.2) is 34.8 Å². The van der Waals surface area contributed by atoms with Gasteiger partial charge in [-0.1, -0.05) is 11.6 Å². The SMILES string of the molecule is Cn1cnc(-c2c(Cl)csc2NC(=O)Cn2c(=O)cc[n+]3[nH]c(C(F)(F)F)cc23)n1. The first kappa shape index (κ1) is 20.1. The van der Waals surface area contributed by atoms with Crippen molar-refractivity contribution in [2.45, 2.75) is 12.7 Å². The van der Waals surface area contributed by atoms with Gasteiger partial charge in [-0.25, -0.2) is 14.9 Å². The molecule has 0 aromatic carbocycles. The highest BCUT2D eigenvalue weighted by Crippen LogP contribution is 2.38. The third kappa shape index (κ3) is 3.68. The lowest BCUT2D eigenvalue weighted by Crippen LogP contribution is -2.36. The average Bonchev–Trinajstić information content (AvgIpc) is 3.36. The molecule has 156 valence electrons. The summed E-state index contributed by atoms with van der Waals surface area (Å²) in [5.74, 6) is -0.329. The Morgan fingerprint density at radius 3 is 2.87 bits per heavy atom. The number of carbonyl (C=O) groups is 1. The van der Waals surface area contributed by atoms with Crippen molar-refractivity contribution in [1.29, 1.82) is 0 Å². The van der Waals surface area contributed by atoms with E-state index >= 15 is 0 Å². The molecule has 4 rings (SSSR count). The quantitative estimate of drug-likeness (QED) is 0.457. The normalized spacial score (nSPS) is 11.9. The predicted octanol–water partition coefficient (Wildman–Crippen LogP) is 2.08. The van der Waals surface area contributed by atoms with Crippen molar-refractivity contribution in [2.75, 3.05) is 5.32 Å². The van der Waals surface area contributed by atoms with Crippen LogP contribution in [0, 0.1) is 0 Å². The number of H-pyrrole nitrogens is 1. The monoisotopic (exact) mass is 458 g/mol. The van der Waals surface area contributed by atoms with Crippen LogP contribution in [-0.2, 0) is 24.6 Å². The zero-order chi connectivity index (χ0) is 21.6. The van der Waals surface area contributed by atoms with Crippen molar-refractivity contribution in [3.63, 3.8) is 0 Å². The summed E-state index contributed by atoms with van der Waals surface area (Å²) < 4.78 is 42.4. The van der Waals surface area contributed by atoms with Crippen molar-refractivity contribution >= 4 is 39.5 Å². The maximum absolute atomic E-state index is 13.0. The highest BCUT2D eigenvalue weighted by Gasteiger charge is 2.35. The van der Waals surface area contributed by atoms with Gasteiger partial charge in [-0.3, -0.25) is 9.48 Å². The first-order chi connectivity index (χ1) is 14.1. The van der Waals surface area contributed by atoms with Gasteiger partial charge in [-0.15, -0.1) is 15.9 Å². The number of rotatable bonds is 4. The fourth-order valence-corrected chi connectivity index (χ4v) is 3.99. The first-order valence-electron chi connectivity index (χ1n) is 8.28. The molecule has 4 heterocycles. The molecule has 1 amide bonds.